The maximum atomic E-state index is 10.6. The minimum absolute atomic E-state index is 0.0752. The predicted octanol–water partition coefficient (Wildman–Crippen LogP) is 3.07. The topological polar surface area (TPSA) is 42.4 Å². The van der Waals surface area contributed by atoms with Crippen molar-refractivity contribution in [3.05, 3.63) is 30.1 Å². The molecular formula is C17H25NO2S. The molecule has 21 heavy (non-hydrogen) atoms. The second-order valence-corrected chi connectivity index (χ2v) is 7.58. The van der Waals surface area contributed by atoms with E-state index in [1.54, 1.807) is 0 Å². The zero-order valence-corrected chi connectivity index (χ0v) is 13.4. The van der Waals surface area contributed by atoms with Crippen LogP contribution in [0, 0.1) is 5.92 Å². The van der Waals surface area contributed by atoms with E-state index < -0.39 is 0 Å². The molecule has 3 heterocycles. The van der Waals surface area contributed by atoms with Crippen LogP contribution in [0.25, 0.3) is 0 Å². The predicted molar refractivity (Wildman–Crippen MR) is 86.5 cm³/mol. The summed E-state index contributed by atoms with van der Waals surface area (Å²) in [6.07, 6.45) is 9.60. The molecule has 0 saturated carbocycles. The Balaban J connectivity index is 1.53. The Morgan fingerprint density at radius 3 is 2.86 bits per heavy atom. The normalized spacial score (nSPS) is 26.6. The Bertz CT molecular complexity index is 428. The molecular weight excluding hydrogens is 282 g/mol. The molecule has 116 valence electrons. The molecule has 3 rings (SSSR count). The molecule has 1 aromatic heterocycles. The van der Waals surface area contributed by atoms with Crippen LogP contribution in [0.15, 0.2) is 24.5 Å². The minimum atomic E-state index is -0.200. The lowest BCUT2D eigenvalue weighted by Crippen LogP contribution is -2.45. The number of rotatable bonds is 4. The Morgan fingerprint density at radius 2 is 2.10 bits per heavy atom. The summed E-state index contributed by atoms with van der Waals surface area (Å²) in [7, 11) is 0. The molecule has 3 nitrogen and oxygen atoms in total. The monoisotopic (exact) mass is 307 g/mol. The zero-order chi connectivity index (χ0) is 14.5. The molecule has 0 aromatic carbocycles. The van der Waals surface area contributed by atoms with Gasteiger partial charge < -0.3 is 9.84 Å². The van der Waals surface area contributed by atoms with E-state index in [2.05, 4.69) is 4.98 Å². The maximum absolute atomic E-state index is 10.6. The summed E-state index contributed by atoms with van der Waals surface area (Å²) in [6, 6.07) is 4.08. The van der Waals surface area contributed by atoms with Crippen LogP contribution in [-0.4, -0.2) is 39.9 Å². The molecule has 2 fully saturated rings. The zero-order valence-electron chi connectivity index (χ0n) is 12.5. The van der Waals surface area contributed by atoms with E-state index in [4.69, 9.17) is 4.74 Å². The number of nitrogens with zero attached hydrogens (tertiary/aromatic N) is 1. The van der Waals surface area contributed by atoms with E-state index >= 15 is 0 Å². The van der Waals surface area contributed by atoms with Gasteiger partial charge in [-0.2, -0.15) is 11.8 Å². The van der Waals surface area contributed by atoms with E-state index in [0.29, 0.717) is 5.92 Å². The highest BCUT2D eigenvalue weighted by Crippen LogP contribution is 2.41. The summed E-state index contributed by atoms with van der Waals surface area (Å²) in [5, 5.41) is 10.6. The van der Waals surface area contributed by atoms with Crippen LogP contribution in [0.3, 0.4) is 0 Å². The maximum Gasteiger partial charge on any atom is 0.0701 e. The molecule has 2 unspecified atom stereocenters. The molecule has 0 bridgehead atoms. The van der Waals surface area contributed by atoms with Gasteiger partial charge >= 0.3 is 0 Å². The third-order valence-corrected chi connectivity index (χ3v) is 5.94. The highest BCUT2D eigenvalue weighted by atomic mass is 32.2. The van der Waals surface area contributed by atoms with Crippen LogP contribution < -0.4 is 0 Å². The number of aliphatic hydroxyl groups is 1. The first-order chi connectivity index (χ1) is 10.3. The summed E-state index contributed by atoms with van der Waals surface area (Å²) in [5.41, 5.74) is 1.34. The SMILES string of the molecule is OC(CCc1ccncc1)C1CCOC2(CCSCC2)C1. The summed E-state index contributed by atoms with van der Waals surface area (Å²) in [6.45, 7) is 0.821. The van der Waals surface area contributed by atoms with Gasteiger partial charge in [0.2, 0.25) is 0 Å². The number of ether oxygens (including phenoxy) is 1. The Hall–Kier alpha value is -0.580. The van der Waals surface area contributed by atoms with Gasteiger partial charge in [0, 0.05) is 19.0 Å². The molecule has 2 aliphatic heterocycles. The number of hydrogen-bond donors (Lipinski definition) is 1. The summed E-state index contributed by atoms with van der Waals surface area (Å²) < 4.78 is 6.12. The molecule has 0 aliphatic carbocycles. The van der Waals surface area contributed by atoms with Crippen molar-refractivity contribution in [2.45, 2.75) is 50.2 Å². The molecule has 0 radical (unpaired) electrons. The molecule has 1 spiro atoms. The Morgan fingerprint density at radius 1 is 1.33 bits per heavy atom. The van der Waals surface area contributed by atoms with Crippen LogP contribution in [-0.2, 0) is 11.2 Å². The molecule has 2 saturated heterocycles. The fraction of sp³-hybridized carbons (Fsp3) is 0.706. The van der Waals surface area contributed by atoms with E-state index in [9.17, 15) is 5.11 Å². The van der Waals surface area contributed by atoms with Gasteiger partial charge in [0.05, 0.1) is 11.7 Å². The quantitative estimate of drug-likeness (QED) is 0.928. The number of hydrogen-bond acceptors (Lipinski definition) is 4. The number of aromatic nitrogens is 1. The van der Waals surface area contributed by atoms with Crippen molar-refractivity contribution in [1.29, 1.82) is 0 Å². The molecule has 2 atom stereocenters. The first-order valence-corrected chi connectivity index (χ1v) is 9.22. The van der Waals surface area contributed by atoms with Crippen LogP contribution in [0.5, 0.6) is 0 Å². The average molecular weight is 307 g/mol. The lowest BCUT2D eigenvalue weighted by atomic mass is 9.78. The summed E-state index contributed by atoms with van der Waals surface area (Å²) in [4.78, 5) is 4.04. The first kappa shape index (κ1) is 15.3. The van der Waals surface area contributed by atoms with Gasteiger partial charge in [-0.3, -0.25) is 4.98 Å². The standard InChI is InChI=1S/C17H25NO2S/c19-16(2-1-14-3-8-18-9-4-14)15-5-10-20-17(13-15)6-11-21-12-7-17/h3-4,8-9,15-16,19H,1-2,5-7,10-13H2. The lowest BCUT2D eigenvalue weighted by Gasteiger charge is -2.44. The van der Waals surface area contributed by atoms with Crippen LogP contribution >= 0.6 is 11.8 Å². The van der Waals surface area contributed by atoms with Gasteiger partial charge in [-0.05, 0) is 73.6 Å². The number of aliphatic hydroxyl groups excluding tert-OH is 1. The lowest BCUT2D eigenvalue weighted by molar-refractivity contribution is -0.121. The highest BCUT2D eigenvalue weighted by molar-refractivity contribution is 7.99. The smallest absolute Gasteiger partial charge is 0.0701 e. The van der Waals surface area contributed by atoms with Crippen molar-refractivity contribution in [1.82, 2.24) is 4.98 Å². The van der Waals surface area contributed by atoms with Gasteiger partial charge in [-0.1, -0.05) is 0 Å². The van der Waals surface area contributed by atoms with Crippen LogP contribution in [0.4, 0.5) is 0 Å². The van der Waals surface area contributed by atoms with Crippen LogP contribution in [0.2, 0.25) is 0 Å². The van der Waals surface area contributed by atoms with Crippen molar-refractivity contribution >= 4 is 11.8 Å². The van der Waals surface area contributed by atoms with Gasteiger partial charge in [-0.15, -0.1) is 0 Å². The number of thioether (sulfide) groups is 1. The first-order valence-electron chi connectivity index (χ1n) is 8.06. The molecule has 1 aromatic rings. The molecule has 4 heteroatoms. The van der Waals surface area contributed by atoms with Crippen molar-refractivity contribution in [3.63, 3.8) is 0 Å². The van der Waals surface area contributed by atoms with E-state index in [1.807, 2.05) is 36.3 Å². The highest BCUT2D eigenvalue weighted by Gasteiger charge is 2.40. The van der Waals surface area contributed by atoms with Crippen molar-refractivity contribution < 1.29 is 9.84 Å². The third-order valence-electron chi connectivity index (χ3n) is 4.96. The number of pyridine rings is 1. The largest absolute Gasteiger partial charge is 0.393 e. The molecule has 0 amide bonds. The van der Waals surface area contributed by atoms with Crippen LogP contribution in [0.1, 0.15) is 37.7 Å². The van der Waals surface area contributed by atoms with Gasteiger partial charge in [0.1, 0.15) is 0 Å². The fourth-order valence-electron chi connectivity index (χ4n) is 3.59. The minimum Gasteiger partial charge on any atom is -0.393 e. The Labute approximate surface area is 131 Å². The van der Waals surface area contributed by atoms with Crippen molar-refractivity contribution in [2.24, 2.45) is 5.92 Å². The van der Waals surface area contributed by atoms with Gasteiger partial charge in [0.15, 0.2) is 0 Å². The van der Waals surface area contributed by atoms with E-state index in [-0.39, 0.29) is 11.7 Å². The summed E-state index contributed by atoms with van der Waals surface area (Å²) in [5.74, 6) is 2.82. The van der Waals surface area contributed by atoms with Gasteiger partial charge in [-0.25, -0.2) is 0 Å². The van der Waals surface area contributed by atoms with Crippen molar-refractivity contribution in [2.75, 3.05) is 18.1 Å². The second-order valence-electron chi connectivity index (χ2n) is 6.36. The van der Waals surface area contributed by atoms with Crippen molar-refractivity contribution in [3.8, 4) is 0 Å². The molecule has 1 N–H and O–H groups in total. The molecule has 2 aliphatic rings. The Kier molecular flexibility index (Phi) is 5.19. The van der Waals surface area contributed by atoms with E-state index in [1.165, 1.54) is 17.1 Å². The van der Waals surface area contributed by atoms with E-state index in [0.717, 1.165) is 45.1 Å². The summed E-state index contributed by atoms with van der Waals surface area (Å²) >= 11 is 2.03. The fourth-order valence-corrected chi connectivity index (χ4v) is 4.82. The number of aryl methyl sites for hydroxylation is 1. The third kappa shape index (κ3) is 3.99. The average Bonchev–Trinajstić information content (AvgIpc) is 2.54. The second kappa shape index (κ2) is 7.12. The van der Waals surface area contributed by atoms with Gasteiger partial charge in [0.25, 0.3) is 0 Å².